The van der Waals surface area contributed by atoms with Crippen LogP contribution in [0.1, 0.15) is 33.1 Å². The molecule has 1 amide bonds. The van der Waals surface area contributed by atoms with E-state index in [9.17, 15) is 9.59 Å². The van der Waals surface area contributed by atoms with E-state index >= 15 is 0 Å². The van der Waals surface area contributed by atoms with Gasteiger partial charge in [-0.1, -0.05) is 13.8 Å². The SMILES string of the molecule is CC(C)C[C@H](NC(=O)CNC1CC1)C(=O)O. The monoisotopic (exact) mass is 228 g/mol. The van der Waals surface area contributed by atoms with Crippen LogP contribution in [0.25, 0.3) is 0 Å². The lowest BCUT2D eigenvalue weighted by atomic mass is 10.0. The Morgan fingerprint density at radius 1 is 1.38 bits per heavy atom. The van der Waals surface area contributed by atoms with E-state index in [0.29, 0.717) is 12.5 Å². The molecule has 92 valence electrons. The zero-order valence-electron chi connectivity index (χ0n) is 9.82. The van der Waals surface area contributed by atoms with Gasteiger partial charge in [-0.3, -0.25) is 4.79 Å². The molecular formula is C11H20N2O3. The molecule has 1 aliphatic rings. The van der Waals surface area contributed by atoms with E-state index in [1.165, 1.54) is 0 Å². The molecule has 0 aromatic rings. The number of carbonyl (C=O) groups excluding carboxylic acids is 1. The van der Waals surface area contributed by atoms with Crippen molar-refractivity contribution in [1.29, 1.82) is 0 Å². The summed E-state index contributed by atoms with van der Waals surface area (Å²) in [5.41, 5.74) is 0. The molecule has 0 bridgehead atoms. The van der Waals surface area contributed by atoms with Crippen molar-refractivity contribution < 1.29 is 14.7 Å². The van der Waals surface area contributed by atoms with Gasteiger partial charge in [0.1, 0.15) is 6.04 Å². The molecule has 1 atom stereocenters. The van der Waals surface area contributed by atoms with Crippen LogP contribution in [-0.4, -0.2) is 35.6 Å². The van der Waals surface area contributed by atoms with Crippen molar-refractivity contribution in [2.24, 2.45) is 5.92 Å². The Bertz CT molecular complexity index is 262. The van der Waals surface area contributed by atoms with Gasteiger partial charge in [0.15, 0.2) is 0 Å². The van der Waals surface area contributed by atoms with Crippen molar-refractivity contribution in [3.63, 3.8) is 0 Å². The first-order valence-electron chi connectivity index (χ1n) is 5.74. The minimum absolute atomic E-state index is 0.215. The third-order valence-corrected chi connectivity index (χ3v) is 2.47. The number of aliphatic carboxylic acids is 1. The smallest absolute Gasteiger partial charge is 0.326 e. The van der Waals surface area contributed by atoms with Crippen LogP contribution in [0, 0.1) is 5.92 Å². The standard InChI is InChI=1S/C11H20N2O3/c1-7(2)5-9(11(15)16)13-10(14)6-12-8-3-4-8/h7-9,12H,3-6H2,1-2H3,(H,13,14)(H,15,16)/t9-/m0/s1. The second kappa shape index (κ2) is 5.84. The molecule has 0 aromatic carbocycles. The summed E-state index contributed by atoms with van der Waals surface area (Å²) in [4.78, 5) is 22.3. The first-order chi connectivity index (χ1) is 7.49. The normalized spacial score (nSPS) is 17.2. The maximum Gasteiger partial charge on any atom is 0.326 e. The van der Waals surface area contributed by atoms with E-state index < -0.39 is 12.0 Å². The van der Waals surface area contributed by atoms with E-state index in [2.05, 4.69) is 10.6 Å². The van der Waals surface area contributed by atoms with Crippen LogP contribution >= 0.6 is 0 Å². The van der Waals surface area contributed by atoms with E-state index in [0.717, 1.165) is 12.8 Å². The molecular weight excluding hydrogens is 208 g/mol. The molecule has 0 spiro atoms. The minimum Gasteiger partial charge on any atom is -0.480 e. The summed E-state index contributed by atoms with van der Waals surface area (Å²) in [7, 11) is 0. The molecule has 0 unspecified atom stereocenters. The summed E-state index contributed by atoms with van der Waals surface area (Å²) in [6.45, 7) is 4.08. The summed E-state index contributed by atoms with van der Waals surface area (Å²) in [6, 6.07) is -0.312. The van der Waals surface area contributed by atoms with E-state index in [-0.39, 0.29) is 18.4 Å². The summed E-state index contributed by atoms with van der Waals surface area (Å²) < 4.78 is 0. The summed E-state index contributed by atoms with van der Waals surface area (Å²) in [6.07, 6.45) is 2.69. The van der Waals surface area contributed by atoms with Gasteiger partial charge < -0.3 is 15.7 Å². The third kappa shape index (κ3) is 5.11. The van der Waals surface area contributed by atoms with Crippen LogP contribution in [0.3, 0.4) is 0 Å². The number of amides is 1. The van der Waals surface area contributed by atoms with Crippen molar-refractivity contribution in [1.82, 2.24) is 10.6 Å². The van der Waals surface area contributed by atoms with Crippen LogP contribution in [0.15, 0.2) is 0 Å². The van der Waals surface area contributed by atoms with Gasteiger partial charge in [-0.15, -0.1) is 0 Å². The first kappa shape index (κ1) is 13.0. The molecule has 3 N–H and O–H groups in total. The second-order valence-corrected chi connectivity index (χ2v) is 4.74. The number of carbonyl (C=O) groups is 2. The number of hydrogen-bond acceptors (Lipinski definition) is 3. The molecule has 0 aliphatic heterocycles. The average molecular weight is 228 g/mol. The van der Waals surface area contributed by atoms with Crippen LogP contribution in [0.5, 0.6) is 0 Å². The van der Waals surface area contributed by atoms with Gasteiger partial charge in [0.25, 0.3) is 0 Å². The Labute approximate surface area is 95.6 Å². The number of hydrogen-bond donors (Lipinski definition) is 3. The Morgan fingerprint density at radius 3 is 2.44 bits per heavy atom. The molecule has 0 radical (unpaired) electrons. The minimum atomic E-state index is -0.964. The molecule has 0 aromatic heterocycles. The molecule has 1 saturated carbocycles. The Kier molecular flexibility index (Phi) is 4.73. The van der Waals surface area contributed by atoms with Crippen LogP contribution in [0.4, 0.5) is 0 Å². The molecule has 0 saturated heterocycles. The maximum atomic E-state index is 11.4. The largest absolute Gasteiger partial charge is 0.480 e. The molecule has 1 aliphatic carbocycles. The molecule has 5 nitrogen and oxygen atoms in total. The lowest BCUT2D eigenvalue weighted by molar-refractivity contribution is -0.142. The second-order valence-electron chi connectivity index (χ2n) is 4.74. The van der Waals surface area contributed by atoms with Crippen molar-refractivity contribution in [2.75, 3.05) is 6.54 Å². The zero-order chi connectivity index (χ0) is 12.1. The van der Waals surface area contributed by atoms with Gasteiger partial charge in [-0.05, 0) is 25.2 Å². The van der Waals surface area contributed by atoms with Gasteiger partial charge in [0.05, 0.1) is 6.54 Å². The van der Waals surface area contributed by atoms with Gasteiger partial charge >= 0.3 is 5.97 Å². The lowest BCUT2D eigenvalue weighted by Crippen LogP contribution is -2.45. The highest BCUT2D eigenvalue weighted by molar-refractivity contribution is 5.84. The Morgan fingerprint density at radius 2 is 2.00 bits per heavy atom. The zero-order valence-corrected chi connectivity index (χ0v) is 9.82. The van der Waals surface area contributed by atoms with E-state index in [1.807, 2.05) is 13.8 Å². The predicted molar refractivity (Wildman–Crippen MR) is 60.0 cm³/mol. The van der Waals surface area contributed by atoms with Gasteiger partial charge in [0.2, 0.25) is 5.91 Å². The highest BCUT2D eigenvalue weighted by Gasteiger charge is 2.24. The van der Waals surface area contributed by atoms with Gasteiger partial charge in [-0.2, -0.15) is 0 Å². The number of nitrogens with one attached hydrogen (secondary N) is 2. The fourth-order valence-corrected chi connectivity index (χ4v) is 1.46. The van der Waals surface area contributed by atoms with Crippen molar-refractivity contribution in [3.8, 4) is 0 Å². The van der Waals surface area contributed by atoms with Crippen molar-refractivity contribution in [2.45, 2.75) is 45.2 Å². The number of carboxylic acid groups (broad SMARTS) is 1. The summed E-state index contributed by atoms with van der Waals surface area (Å²) in [5.74, 6) is -0.953. The van der Waals surface area contributed by atoms with Crippen LogP contribution < -0.4 is 10.6 Å². The van der Waals surface area contributed by atoms with E-state index in [1.54, 1.807) is 0 Å². The fraction of sp³-hybridized carbons (Fsp3) is 0.818. The Balaban J connectivity index is 2.28. The summed E-state index contributed by atoms with van der Waals surface area (Å²) in [5, 5.41) is 14.5. The fourth-order valence-electron chi connectivity index (χ4n) is 1.46. The number of carboxylic acids is 1. The summed E-state index contributed by atoms with van der Waals surface area (Å²) >= 11 is 0. The Hall–Kier alpha value is -1.10. The molecule has 16 heavy (non-hydrogen) atoms. The third-order valence-electron chi connectivity index (χ3n) is 2.47. The van der Waals surface area contributed by atoms with Gasteiger partial charge in [0, 0.05) is 6.04 Å². The van der Waals surface area contributed by atoms with Crippen LogP contribution in [0.2, 0.25) is 0 Å². The average Bonchev–Trinajstić information content (AvgIpc) is 2.96. The van der Waals surface area contributed by atoms with Crippen molar-refractivity contribution in [3.05, 3.63) is 0 Å². The lowest BCUT2D eigenvalue weighted by Gasteiger charge is -2.16. The predicted octanol–water partition coefficient (Wildman–Crippen LogP) is 0.354. The van der Waals surface area contributed by atoms with Gasteiger partial charge in [-0.25, -0.2) is 4.79 Å². The quantitative estimate of drug-likeness (QED) is 0.587. The highest BCUT2D eigenvalue weighted by atomic mass is 16.4. The topological polar surface area (TPSA) is 78.4 Å². The first-order valence-corrected chi connectivity index (χ1v) is 5.74. The number of rotatable bonds is 7. The molecule has 5 heteroatoms. The molecule has 0 heterocycles. The van der Waals surface area contributed by atoms with Crippen molar-refractivity contribution >= 4 is 11.9 Å². The highest BCUT2D eigenvalue weighted by Crippen LogP contribution is 2.17. The molecule has 1 fully saturated rings. The van der Waals surface area contributed by atoms with E-state index in [4.69, 9.17) is 5.11 Å². The maximum absolute atomic E-state index is 11.4. The van der Waals surface area contributed by atoms with Crippen LogP contribution in [-0.2, 0) is 9.59 Å². The molecule has 1 rings (SSSR count).